The molecule has 1 atom stereocenters. The number of sulfonamides is 1. The highest BCUT2D eigenvalue weighted by Crippen LogP contribution is 2.20. The number of anilines is 1. The largest absolute Gasteiger partial charge is 0.399 e. The molecule has 4 nitrogen and oxygen atoms in total. The maximum Gasteiger partial charge on any atom is 0.244 e. The van der Waals surface area contributed by atoms with Gasteiger partial charge in [-0.15, -0.1) is 0 Å². The number of rotatable bonds is 4. The zero-order valence-corrected chi connectivity index (χ0v) is 12.6. The summed E-state index contributed by atoms with van der Waals surface area (Å²) < 4.78 is 40.7. The Hall–Kier alpha value is -1.92. The first-order chi connectivity index (χ1) is 9.79. The van der Waals surface area contributed by atoms with Crippen molar-refractivity contribution < 1.29 is 12.8 Å². The van der Waals surface area contributed by atoms with Crippen molar-refractivity contribution >= 4 is 15.7 Å². The van der Waals surface area contributed by atoms with Crippen molar-refractivity contribution in [3.05, 3.63) is 59.4 Å². The second-order valence-electron chi connectivity index (χ2n) is 4.94. The summed E-state index contributed by atoms with van der Waals surface area (Å²) >= 11 is 0. The maximum atomic E-state index is 13.8. The molecule has 0 heterocycles. The van der Waals surface area contributed by atoms with E-state index in [1.54, 1.807) is 6.92 Å². The highest BCUT2D eigenvalue weighted by Gasteiger charge is 2.22. The van der Waals surface area contributed by atoms with Gasteiger partial charge in [0.1, 0.15) is 10.7 Å². The number of halogens is 1. The molecule has 2 aromatic carbocycles. The Labute approximate surface area is 123 Å². The number of nitrogen functional groups attached to an aromatic ring is 1. The van der Waals surface area contributed by atoms with Gasteiger partial charge in [0.05, 0.1) is 0 Å². The second kappa shape index (κ2) is 5.83. The minimum Gasteiger partial charge on any atom is -0.399 e. The normalized spacial score (nSPS) is 13.1. The van der Waals surface area contributed by atoms with Gasteiger partial charge in [-0.25, -0.2) is 17.5 Å². The topological polar surface area (TPSA) is 72.2 Å². The van der Waals surface area contributed by atoms with E-state index in [0.29, 0.717) is 0 Å². The average molecular weight is 308 g/mol. The highest BCUT2D eigenvalue weighted by molar-refractivity contribution is 7.89. The first-order valence-corrected chi connectivity index (χ1v) is 7.92. The number of aryl methyl sites for hydroxylation is 1. The number of benzene rings is 2. The minimum atomic E-state index is -3.95. The zero-order chi connectivity index (χ0) is 15.6. The Morgan fingerprint density at radius 3 is 2.33 bits per heavy atom. The molecule has 0 radical (unpaired) electrons. The summed E-state index contributed by atoms with van der Waals surface area (Å²) in [6.45, 7) is 3.65. The summed E-state index contributed by atoms with van der Waals surface area (Å²) in [6.07, 6.45) is 0. The highest BCUT2D eigenvalue weighted by atomic mass is 32.2. The lowest BCUT2D eigenvalue weighted by molar-refractivity contribution is 0.547. The quantitative estimate of drug-likeness (QED) is 0.853. The van der Waals surface area contributed by atoms with Crippen LogP contribution in [0, 0.1) is 12.7 Å². The van der Waals surface area contributed by atoms with E-state index in [0.717, 1.165) is 23.3 Å². The zero-order valence-electron chi connectivity index (χ0n) is 11.8. The van der Waals surface area contributed by atoms with Crippen LogP contribution in [0.25, 0.3) is 0 Å². The molecular weight excluding hydrogens is 291 g/mol. The second-order valence-corrected chi connectivity index (χ2v) is 6.63. The minimum absolute atomic E-state index is 0.179. The van der Waals surface area contributed by atoms with Gasteiger partial charge in [-0.3, -0.25) is 0 Å². The van der Waals surface area contributed by atoms with Gasteiger partial charge in [0.2, 0.25) is 10.0 Å². The van der Waals surface area contributed by atoms with E-state index in [2.05, 4.69) is 4.72 Å². The van der Waals surface area contributed by atoms with Crippen LogP contribution in [0.1, 0.15) is 24.1 Å². The standard InChI is InChI=1S/C15H17FN2O2S/c1-10-3-5-12(6-4-10)11(2)18-21(19,20)15-8-7-13(17)9-14(15)16/h3-9,11,18H,17H2,1-2H3. The molecule has 0 amide bonds. The molecule has 0 fully saturated rings. The van der Waals surface area contributed by atoms with E-state index in [1.807, 2.05) is 31.2 Å². The molecule has 0 aliphatic carbocycles. The maximum absolute atomic E-state index is 13.8. The van der Waals surface area contributed by atoms with Crippen LogP contribution >= 0.6 is 0 Å². The molecule has 0 spiro atoms. The average Bonchev–Trinajstić information content (AvgIpc) is 2.38. The number of nitrogens with two attached hydrogens (primary N) is 1. The van der Waals surface area contributed by atoms with Crippen molar-refractivity contribution in [2.24, 2.45) is 0 Å². The van der Waals surface area contributed by atoms with Crippen LogP contribution in [-0.2, 0) is 10.0 Å². The van der Waals surface area contributed by atoms with Crippen molar-refractivity contribution in [3.8, 4) is 0 Å². The number of hydrogen-bond acceptors (Lipinski definition) is 3. The molecule has 1 unspecified atom stereocenters. The molecule has 112 valence electrons. The molecule has 0 bridgehead atoms. The van der Waals surface area contributed by atoms with Crippen LogP contribution in [-0.4, -0.2) is 8.42 Å². The van der Waals surface area contributed by atoms with E-state index >= 15 is 0 Å². The molecule has 3 N–H and O–H groups in total. The summed E-state index contributed by atoms with van der Waals surface area (Å²) in [4.78, 5) is -0.407. The van der Waals surface area contributed by atoms with E-state index in [-0.39, 0.29) is 5.69 Å². The van der Waals surface area contributed by atoms with Crippen molar-refractivity contribution in [1.29, 1.82) is 0 Å². The Balaban J connectivity index is 2.26. The molecule has 6 heteroatoms. The van der Waals surface area contributed by atoms with Crippen LogP contribution in [0.2, 0.25) is 0 Å². The Morgan fingerprint density at radius 1 is 1.14 bits per heavy atom. The number of hydrogen-bond donors (Lipinski definition) is 2. The Kier molecular flexibility index (Phi) is 4.29. The molecule has 0 saturated carbocycles. The van der Waals surface area contributed by atoms with Crippen molar-refractivity contribution in [3.63, 3.8) is 0 Å². The van der Waals surface area contributed by atoms with E-state index < -0.39 is 26.8 Å². The summed E-state index contributed by atoms with van der Waals surface area (Å²) in [6, 6.07) is 10.5. The van der Waals surface area contributed by atoms with E-state index in [4.69, 9.17) is 5.73 Å². The fraction of sp³-hybridized carbons (Fsp3) is 0.200. The predicted octanol–water partition coefficient (Wildman–Crippen LogP) is 2.76. The molecular formula is C15H17FN2O2S. The van der Waals surface area contributed by atoms with Crippen LogP contribution in [0.4, 0.5) is 10.1 Å². The van der Waals surface area contributed by atoms with Crippen molar-refractivity contribution in [1.82, 2.24) is 4.72 Å². The van der Waals surface area contributed by atoms with Gasteiger partial charge in [-0.05, 0) is 37.6 Å². The summed E-state index contributed by atoms with van der Waals surface area (Å²) in [5.41, 5.74) is 7.49. The van der Waals surface area contributed by atoms with Crippen molar-refractivity contribution in [2.45, 2.75) is 24.8 Å². The monoisotopic (exact) mass is 308 g/mol. The van der Waals surface area contributed by atoms with Gasteiger partial charge >= 0.3 is 0 Å². The van der Waals surface area contributed by atoms with Gasteiger partial charge in [-0.2, -0.15) is 0 Å². The fourth-order valence-corrected chi connectivity index (χ4v) is 3.25. The van der Waals surface area contributed by atoms with Gasteiger partial charge < -0.3 is 5.73 Å². The van der Waals surface area contributed by atoms with Gasteiger partial charge in [0.25, 0.3) is 0 Å². The number of nitrogens with one attached hydrogen (secondary N) is 1. The van der Waals surface area contributed by atoms with Crippen LogP contribution in [0.15, 0.2) is 47.4 Å². The molecule has 0 aliphatic rings. The summed E-state index contributed by atoms with van der Waals surface area (Å²) in [7, 11) is -3.95. The molecule has 21 heavy (non-hydrogen) atoms. The fourth-order valence-electron chi connectivity index (χ4n) is 1.95. The Bertz CT molecular complexity index is 743. The lowest BCUT2D eigenvalue weighted by atomic mass is 10.1. The third-order valence-corrected chi connectivity index (χ3v) is 4.73. The Morgan fingerprint density at radius 2 is 1.76 bits per heavy atom. The van der Waals surface area contributed by atoms with Crippen LogP contribution < -0.4 is 10.5 Å². The molecule has 0 saturated heterocycles. The van der Waals surface area contributed by atoms with Gasteiger partial charge in [0.15, 0.2) is 0 Å². The molecule has 2 aromatic rings. The lowest BCUT2D eigenvalue weighted by Gasteiger charge is -2.15. The lowest BCUT2D eigenvalue weighted by Crippen LogP contribution is -2.27. The summed E-state index contributed by atoms with van der Waals surface area (Å²) in [5.74, 6) is -0.862. The summed E-state index contributed by atoms with van der Waals surface area (Å²) in [5, 5.41) is 0. The first kappa shape index (κ1) is 15.5. The third kappa shape index (κ3) is 3.59. The third-order valence-electron chi connectivity index (χ3n) is 3.15. The molecule has 0 aromatic heterocycles. The van der Waals surface area contributed by atoms with E-state index in [9.17, 15) is 12.8 Å². The van der Waals surface area contributed by atoms with Crippen molar-refractivity contribution in [2.75, 3.05) is 5.73 Å². The first-order valence-electron chi connectivity index (χ1n) is 6.43. The van der Waals surface area contributed by atoms with Crippen LogP contribution in [0.3, 0.4) is 0 Å². The molecule has 0 aliphatic heterocycles. The van der Waals surface area contributed by atoms with Gasteiger partial charge in [-0.1, -0.05) is 29.8 Å². The molecule has 2 rings (SSSR count). The smallest absolute Gasteiger partial charge is 0.244 e. The SMILES string of the molecule is Cc1ccc(C(C)NS(=O)(=O)c2ccc(N)cc2F)cc1. The van der Waals surface area contributed by atoms with Crippen LogP contribution in [0.5, 0.6) is 0 Å². The van der Waals surface area contributed by atoms with E-state index in [1.165, 1.54) is 6.07 Å². The van der Waals surface area contributed by atoms with Gasteiger partial charge in [0, 0.05) is 11.7 Å². The predicted molar refractivity (Wildman–Crippen MR) is 80.7 cm³/mol.